The fourth-order valence-corrected chi connectivity index (χ4v) is 1.86. The van der Waals surface area contributed by atoms with Crippen molar-refractivity contribution in [2.45, 2.75) is 0 Å². The van der Waals surface area contributed by atoms with E-state index in [1.54, 1.807) is 43.3 Å². The largest absolute Gasteiger partial charge is 0.478 e. The first kappa shape index (κ1) is 13.4. The van der Waals surface area contributed by atoms with Crippen LogP contribution in [0.15, 0.2) is 36.4 Å². The van der Waals surface area contributed by atoms with E-state index in [2.05, 4.69) is 4.98 Å². The van der Waals surface area contributed by atoms with Crippen molar-refractivity contribution in [2.24, 2.45) is 0 Å². The highest BCUT2D eigenvalue weighted by molar-refractivity contribution is 6.30. The highest BCUT2D eigenvalue weighted by Crippen LogP contribution is 2.24. The third-order valence-corrected chi connectivity index (χ3v) is 2.92. The fraction of sp³-hybridized carbons (Fsp3) is 0.143. The molecule has 0 bridgehead atoms. The van der Waals surface area contributed by atoms with Gasteiger partial charge in [0.1, 0.15) is 11.4 Å². The molecule has 0 aliphatic rings. The maximum atomic E-state index is 11.1. The Balaban J connectivity index is 2.52. The minimum Gasteiger partial charge on any atom is -0.478 e. The highest BCUT2D eigenvalue weighted by atomic mass is 35.5. The van der Waals surface area contributed by atoms with Crippen molar-refractivity contribution in [1.82, 2.24) is 4.98 Å². The summed E-state index contributed by atoms with van der Waals surface area (Å²) in [5, 5.41) is 9.78. The van der Waals surface area contributed by atoms with Crippen LogP contribution in [-0.2, 0) is 0 Å². The van der Waals surface area contributed by atoms with Crippen LogP contribution >= 0.6 is 11.6 Å². The summed E-state index contributed by atoms with van der Waals surface area (Å²) in [4.78, 5) is 17.2. The standard InChI is InChI=1S/C14H13ClN2O2/c1-17(2)13-11(14(18)19)7-8-12(16-13)9-3-5-10(15)6-4-9/h3-8H,1-2H3,(H,18,19). The van der Waals surface area contributed by atoms with Gasteiger partial charge in [-0.3, -0.25) is 0 Å². The van der Waals surface area contributed by atoms with Crippen molar-refractivity contribution < 1.29 is 9.90 Å². The van der Waals surface area contributed by atoms with E-state index in [-0.39, 0.29) is 5.56 Å². The third kappa shape index (κ3) is 2.85. The third-order valence-electron chi connectivity index (χ3n) is 2.67. The number of carboxylic acid groups (broad SMARTS) is 1. The van der Waals surface area contributed by atoms with E-state index >= 15 is 0 Å². The second kappa shape index (κ2) is 5.28. The van der Waals surface area contributed by atoms with Crippen LogP contribution in [0.5, 0.6) is 0 Å². The highest BCUT2D eigenvalue weighted by Gasteiger charge is 2.14. The van der Waals surface area contributed by atoms with Crippen LogP contribution in [0.2, 0.25) is 5.02 Å². The zero-order chi connectivity index (χ0) is 14.0. The molecule has 1 heterocycles. The summed E-state index contributed by atoms with van der Waals surface area (Å²) in [5.41, 5.74) is 1.79. The summed E-state index contributed by atoms with van der Waals surface area (Å²) >= 11 is 5.84. The minimum atomic E-state index is -0.987. The summed E-state index contributed by atoms with van der Waals surface area (Å²) in [6, 6.07) is 10.5. The van der Waals surface area contributed by atoms with Crippen molar-refractivity contribution in [3.63, 3.8) is 0 Å². The molecule has 1 N–H and O–H groups in total. The van der Waals surface area contributed by atoms with Crippen molar-refractivity contribution in [3.05, 3.63) is 47.0 Å². The van der Waals surface area contributed by atoms with E-state index in [0.29, 0.717) is 16.5 Å². The Labute approximate surface area is 116 Å². The minimum absolute atomic E-state index is 0.183. The molecule has 0 atom stereocenters. The first-order valence-corrected chi connectivity index (χ1v) is 6.04. The van der Waals surface area contributed by atoms with Crippen molar-refractivity contribution in [1.29, 1.82) is 0 Å². The molecule has 0 fully saturated rings. The smallest absolute Gasteiger partial charge is 0.339 e. The van der Waals surface area contributed by atoms with Gasteiger partial charge >= 0.3 is 5.97 Å². The molecule has 1 aromatic carbocycles. The van der Waals surface area contributed by atoms with Crippen LogP contribution in [-0.4, -0.2) is 30.2 Å². The first-order chi connectivity index (χ1) is 8.99. The summed E-state index contributed by atoms with van der Waals surface area (Å²) in [7, 11) is 3.53. The van der Waals surface area contributed by atoms with Gasteiger partial charge in [0.25, 0.3) is 0 Å². The Hall–Kier alpha value is -2.07. The van der Waals surface area contributed by atoms with Gasteiger partial charge in [-0.25, -0.2) is 9.78 Å². The van der Waals surface area contributed by atoms with Crippen LogP contribution in [0.3, 0.4) is 0 Å². The molecule has 0 radical (unpaired) electrons. The van der Waals surface area contributed by atoms with Gasteiger partial charge in [-0.15, -0.1) is 0 Å². The van der Waals surface area contributed by atoms with Gasteiger partial charge in [-0.1, -0.05) is 23.7 Å². The molecule has 2 rings (SSSR count). The molecule has 0 saturated heterocycles. The van der Waals surface area contributed by atoms with E-state index in [9.17, 15) is 4.79 Å². The monoisotopic (exact) mass is 276 g/mol. The maximum absolute atomic E-state index is 11.1. The normalized spacial score (nSPS) is 10.3. The molecule has 4 nitrogen and oxygen atoms in total. The van der Waals surface area contributed by atoms with Gasteiger partial charge in [-0.05, 0) is 24.3 Å². The van der Waals surface area contributed by atoms with Crippen LogP contribution in [0, 0.1) is 0 Å². The van der Waals surface area contributed by atoms with E-state index < -0.39 is 5.97 Å². The predicted molar refractivity (Wildman–Crippen MR) is 76.0 cm³/mol. The number of hydrogen-bond acceptors (Lipinski definition) is 3. The number of halogens is 1. The molecule has 0 amide bonds. The Morgan fingerprint density at radius 2 is 1.79 bits per heavy atom. The lowest BCUT2D eigenvalue weighted by molar-refractivity contribution is 0.0697. The number of rotatable bonds is 3. The summed E-state index contributed by atoms with van der Waals surface area (Å²) in [5.74, 6) is -0.557. The van der Waals surface area contributed by atoms with Crippen LogP contribution in [0.1, 0.15) is 10.4 Å². The van der Waals surface area contributed by atoms with Crippen molar-refractivity contribution in [3.8, 4) is 11.3 Å². The number of anilines is 1. The maximum Gasteiger partial charge on any atom is 0.339 e. The molecule has 0 saturated carbocycles. The van der Waals surface area contributed by atoms with Gasteiger partial charge in [0.05, 0.1) is 5.69 Å². The zero-order valence-electron chi connectivity index (χ0n) is 10.6. The molecule has 0 aliphatic carbocycles. The quantitative estimate of drug-likeness (QED) is 0.935. The van der Waals surface area contributed by atoms with Gasteiger partial charge < -0.3 is 10.0 Å². The Kier molecular flexibility index (Phi) is 3.71. The average molecular weight is 277 g/mol. The molecule has 1 aromatic heterocycles. The van der Waals surface area contributed by atoms with Gasteiger partial charge in [0, 0.05) is 24.7 Å². The molecule has 19 heavy (non-hydrogen) atoms. The summed E-state index contributed by atoms with van der Waals surface area (Å²) < 4.78 is 0. The number of benzene rings is 1. The average Bonchev–Trinajstić information content (AvgIpc) is 2.38. The Morgan fingerprint density at radius 3 is 2.32 bits per heavy atom. The van der Waals surface area contributed by atoms with Crippen LogP contribution in [0.25, 0.3) is 11.3 Å². The first-order valence-electron chi connectivity index (χ1n) is 5.66. The summed E-state index contributed by atoms with van der Waals surface area (Å²) in [6.45, 7) is 0. The number of aromatic carboxylic acids is 1. The molecule has 2 aromatic rings. The van der Waals surface area contributed by atoms with E-state index in [0.717, 1.165) is 5.56 Å². The van der Waals surface area contributed by atoms with Crippen LogP contribution in [0.4, 0.5) is 5.82 Å². The lowest BCUT2D eigenvalue weighted by atomic mass is 10.1. The van der Waals surface area contributed by atoms with E-state index in [1.807, 2.05) is 12.1 Å². The van der Waals surface area contributed by atoms with Gasteiger partial charge in [0.2, 0.25) is 0 Å². The zero-order valence-corrected chi connectivity index (χ0v) is 11.3. The number of aromatic nitrogens is 1. The van der Waals surface area contributed by atoms with E-state index in [1.165, 1.54) is 0 Å². The van der Waals surface area contributed by atoms with Crippen LogP contribution < -0.4 is 4.90 Å². The molecule has 0 spiro atoms. The van der Waals surface area contributed by atoms with Gasteiger partial charge in [0.15, 0.2) is 0 Å². The summed E-state index contributed by atoms with van der Waals surface area (Å²) in [6.07, 6.45) is 0. The molecular formula is C14H13ClN2O2. The Bertz CT molecular complexity index is 609. The lowest BCUT2D eigenvalue weighted by Crippen LogP contribution is -2.16. The van der Waals surface area contributed by atoms with Crippen molar-refractivity contribution in [2.75, 3.05) is 19.0 Å². The predicted octanol–water partition coefficient (Wildman–Crippen LogP) is 3.17. The van der Waals surface area contributed by atoms with Gasteiger partial charge in [-0.2, -0.15) is 0 Å². The second-order valence-corrected chi connectivity index (χ2v) is 4.71. The molecule has 0 aliphatic heterocycles. The molecule has 98 valence electrons. The number of hydrogen-bond donors (Lipinski definition) is 1. The number of nitrogens with zero attached hydrogens (tertiary/aromatic N) is 2. The number of carbonyl (C=O) groups is 1. The fourth-order valence-electron chi connectivity index (χ4n) is 1.74. The molecule has 5 heteroatoms. The molecular weight excluding hydrogens is 264 g/mol. The number of pyridine rings is 1. The van der Waals surface area contributed by atoms with Crippen molar-refractivity contribution >= 4 is 23.4 Å². The topological polar surface area (TPSA) is 53.4 Å². The number of carboxylic acids is 1. The lowest BCUT2D eigenvalue weighted by Gasteiger charge is -2.15. The SMILES string of the molecule is CN(C)c1nc(-c2ccc(Cl)cc2)ccc1C(=O)O. The molecule has 0 unspecified atom stereocenters. The second-order valence-electron chi connectivity index (χ2n) is 4.27. The van der Waals surface area contributed by atoms with E-state index in [4.69, 9.17) is 16.7 Å². The Morgan fingerprint density at radius 1 is 1.16 bits per heavy atom.